The first-order chi connectivity index (χ1) is 10.0. The van der Waals surface area contributed by atoms with E-state index in [1.165, 1.54) is 12.8 Å². The van der Waals surface area contributed by atoms with Crippen LogP contribution in [0, 0.1) is 5.92 Å². The topological polar surface area (TPSA) is 55.8 Å². The van der Waals surface area contributed by atoms with Gasteiger partial charge in [-0.1, -0.05) is 6.07 Å². The Labute approximate surface area is 125 Å². The van der Waals surface area contributed by atoms with Crippen LogP contribution in [0.2, 0.25) is 0 Å². The summed E-state index contributed by atoms with van der Waals surface area (Å²) in [5.74, 6) is 0.444. The van der Waals surface area contributed by atoms with Crippen molar-refractivity contribution in [2.75, 3.05) is 43.9 Å². The molecule has 1 saturated heterocycles. The second-order valence-electron chi connectivity index (χ2n) is 6.36. The van der Waals surface area contributed by atoms with Crippen LogP contribution in [0.3, 0.4) is 0 Å². The van der Waals surface area contributed by atoms with Crippen molar-refractivity contribution in [1.82, 2.24) is 4.90 Å². The van der Waals surface area contributed by atoms with E-state index >= 15 is 0 Å². The monoisotopic (exact) mass is 289 g/mol. The lowest BCUT2D eigenvalue weighted by Gasteiger charge is -2.34. The van der Waals surface area contributed by atoms with Gasteiger partial charge in [0.25, 0.3) is 5.91 Å². The van der Waals surface area contributed by atoms with Gasteiger partial charge in [-0.05, 0) is 45.0 Å². The number of anilines is 2. The molecule has 1 aromatic carbocycles. The average molecular weight is 289 g/mol. The molecule has 5 heteroatoms. The summed E-state index contributed by atoms with van der Waals surface area (Å²) in [6.07, 6.45) is 1.38. The lowest BCUT2D eigenvalue weighted by molar-refractivity contribution is -0.123. The molecule has 1 aromatic rings. The molecule has 5 nitrogen and oxygen atoms in total. The Hall–Kier alpha value is -1.59. The molecule has 21 heavy (non-hydrogen) atoms. The Kier molecular flexibility index (Phi) is 3.87. The maximum atomic E-state index is 11.5. The number of hydrogen-bond donors (Lipinski definition) is 2. The van der Waals surface area contributed by atoms with Crippen molar-refractivity contribution in [3.63, 3.8) is 0 Å². The fourth-order valence-electron chi connectivity index (χ4n) is 3.32. The zero-order valence-electron chi connectivity index (χ0n) is 12.7. The van der Waals surface area contributed by atoms with E-state index in [9.17, 15) is 9.90 Å². The zero-order chi connectivity index (χ0) is 15.0. The Morgan fingerprint density at radius 3 is 2.71 bits per heavy atom. The van der Waals surface area contributed by atoms with Gasteiger partial charge in [-0.3, -0.25) is 4.79 Å². The number of amides is 1. The fourth-order valence-corrected chi connectivity index (χ4v) is 3.32. The van der Waals surface area contributed by atoms with Gasteiger partial charge >= 0.3 is 0 Å². The highest BCUT2D eigenvalue weighted by Crippen LogP contribution is 2.35. The molecule has 1 fully saturated rings. The Bertz CT molecular complexity index is 536. The number of fused-ring (bicyclic) bond motifs is 1. The summed E-state index contributed by atoms with van der Waals surface area (Å²) in [5.41, 5.74) is 2.57. The van der Waals surface area contributed by atoms with Crippen molar-refractivity contribution in [2.45, 2.75) is 18.9 Å². The normalized spacial score (nSPS) is 22.6. The predicted octanol–water partition coefficient (Wildman–Crippen LogP) is 1.45. The molecule has 1 atom stereocenters. The lowest BCUT2D eigenvalue weighted by Crippen LogP contribution is -2.37. The van der Waals surface area contributed by atoms with Crippen LogP contribution in [0.1, 0.15) is 24.5 Å². The van der Waals surface area contributed by atoms with Gasteiger partial charge < -0.3 is 20.2 Å². The molecule has 0 aliphatic carbocycles. The highest BCUT2D eigenvalue weighted by Gasteiger charge is 2.29. The van der Waals surface area contributed by atoms with Crippen LogP contribution in [-0.2, 0) is 4.79 Å². The summed E-state index contributed by atoms with van der Waals surface area (Å²) < 4.78 is 0. The summed E-state index contributed by atoms with van der Waals surface area (Å²) >= 11 is 0. The highest BCUT2D eigenvalue weighted by atomic mass is 16.3. The standard InChI is InChI=1S/C16H23N3O2/c1-18(2)10-11-5-7-19(8-6-11)12-3-4-13-14(9-12)17-16(21)15(13)20/h3-4,9,11,15,20H,5-8,10H2,1-2H3,(H,17,21). The molecular formula is C16H23N3O2. The molecule has 0 saturated carbocycles. The van der Waals surface area contributed by atoms with Gasteiger partial charge in [0.15, 0.2) is 6.10 Å². The number of piperidine rings is 1. The number of carbonyl (C=O) groups is 1. The summed E-state index contributed by atoms with van der Waals surface area (Å²) in [6, 6.07) is 5.85. The van der Waals surface area contributed by atoms with E-state index < -0.39 is 6.10 Å². The van der Waals surface area contributed by atoms with E-state index in [0.717, 1.165) is 36.9 Å². The second kappa shape index (κ2) is 5.66. The quantitative estimate of drug-likeness (QED) is 0.884. The molecule has 114 valence electrons. The molecule has 1 amide bonds. The average Bonchev–Trinajstić information content (AvgIpc) is 2.74. The van der Waals surface area contributed by atoms with E-state index in [-0.39, 0.29) is 5.91 Å². The third kappa shape index (κ3) is 2.89. The minimum Gasteiger partial charge on any atom is -0.378 e. The molecule has 2 heterocycles. The minimum atomic E-state index is -1.01. The maximum absolute atomic E-state index is 11.5. The van der Waals surface area contributed by atoms with E-state index in [4.69, 9.17) is 0 Å². The third-order valence-corrected chi connectivity index (χ3v) is 4.44. The molecule has 3 rings (SSSR count). The number of nitrogens with zero attached hydrogens (tertiary/aromatic N) is 2. The van der Waals surface area contributed by atoms with Crippen LogP contribution in [0.4, 0.5) is 11.4 Å². The van der Waals surface area contributed by atoms with Crippen molar-refractivity contribution >= 4 is 17.3 Å². The number of hydrogen-bond acceptors (Lipinski definition) is 4. The van der Waals surface area contributed by atoms with Gasteiger partial charge in [-0.2, -0.15) is 0 Å². The summed E-state index contributed by atoms with van der Waals surface area (Å²) in [4.78, 5) is 16.1. The van der Waals surface area contributed by atoms with Crippen molar-refractivity contribution in [3.05, 3.63) is 23.8 Å². The molecule has 0 aromatic heterocycles. The Morgan fingerprint density at radius 2 is 2.05 bits per heavy atom. The van der Waals surface area contributed by atoms with Gasteiger partial charge in [0.05, 0.1) is 0 Å². The van der Waals surface area contributed by atoms with Crippen molar-refractivity contribution < 1.29 is 9.90 Å². The first-order valence-electron chi connectivity index (χ1n) is 7.57. The minimum absolute atomic E-state index is 0.327. The van der Waals surface area contributed by atoms with Crippen molar-refractivity contribution in [2.24, 2.45) is 5.92 Å². The van der Waals surface area contributed by atoms with E-state index in [1.54, 1.807) is 0 Å². The number of rotatable bonds is 3. The number of nitrogens with one attached hydrogen (secondary N) is 1. The first-order valence-corrected chi connectivity index (χ1v) is 7.57. The Balaban J connectivity index is 1.67. The van der Waals surface area contributed by atoms with Crippen LogP contribution in [0.25, 0.3) is 0 Å². The van der Waals surface area contributed by atoms with Crippen LogP contribution in [0.5, 0.6) is 0 Å². The van der Waals surface area contributed by atoms with Crippen molar-refractivity contribution in [3.8, 4) is 0 Å². The van der Waals surface area contributed by atoms with Gasteiger partial charge in [-0.15, -0.1) is 0 Å². The van der Waals surface area contributed by atoms with E-state index in [2.05, 4.69) is 29.2 Å². The van der Waals surface area contributed by atoms with Crippen molar-refractivity contribution in [1.29, 1.82) is 0 Å². The van der Waals surface area contributed by atoms with Crippen LogP contribution in [-0.4, -0.2) is 49.6 Å². The van der Waals surface area contributed by atoms with Gasteiger partial charge in [0.1, 0.15) is 0 Å². The molecule has 0 spiro atoms. The van der Waals surface area contributed by atoms with Gasteiger partial charge in [0, 0.05) is 36.6 Å². The first kappa shape index (κ1) is 14.4. The molecule has 1 unspecified atom stereocenters. The fraction of sp³-hybridized carbons (Fsp3) is 0.562. The highest BCUT2D eigenvalue weighted by molar-refractivity contribution is 6.02. The maximum Gasteiger partial charge on any atom is 0.257 e. The smallest absolute Gasteiger partial charge is 0.257 e. The summed E-state index contributed by atoms with van der Waals surface area (Å²) in [6.45, 7) is 3.25. The predicted molar refractivity (Wildman–Crippen MR) is 83.5 cm³/mol. The van der Waals surface area contributed by atoms with E-state index in [1.807, 2.05) is 18.2 Å². The molecular weight excluding hydrogens is 266 g/mol. The summed E-state index contributed by atoms with van der Waals surface area (Å²) in [7, 11) is 4.25. The second-order valence-corrected chi connectivity index (χ2v) is 6.36. The third-order valence-electron chi connectivity index (χ3n) is 4.44. The number of aliphatic hydroxyl groups is 1. The van der Waals surface area contributed by atoms with Crippen LogP contribution in [0.15, 0.2) is 18.2 Å². The zero-order valence-corrected chi connectivity index (χ0v) is 12.7. The van der Waals surface area contributed by atoms with Crippen LogP contribution >= 0.6 is 0 Å². The van der Waals surface area contributed by atoms with Gasteiger partial charge in [-0.25, -0.2) is 0 Å². The van der Waals surface area contributed by atoms with Gasteiger partial charge in [0.2, 0.25) is 0 Å². The molecule has 0 radical (unpaired) electrons. The molecule has 2 aliphatic rings. The lowest BCUT2D eigenvalue weighted by atomic mass is 9.96. The van der Waals surface area contributed by atoms with E-state index in [0.29, 0.717) is 5.56 Å². The SMILES string of the molecule is CN(C)CC1CCN(c2ccc3c(c2)NC(=O)C3O)CC1. The summed E-state index contributed by atoms with van der Waals surface area (Å²) in [5, 5.41) is 12.5. The number of aliphatic hydroxyl groups excluding tert-OH is 1. The van der Waals surface area contributed by atoms with Crippen LogP contribution < -0.4 is 10.2 Å². The Morgan fingerprint density at radius 1 is 1.33 bits per heavy atom. The molecule has 2 N–H and O–H groups in total. The number of benzene rings is 1. The molecule has 2 aliphatic heterocycles. The largest absolute Gasteiger partial charge is 0.378 e. The number of carbonyl (C=O) groups excluding carboxylic acids is 1. The molecule has 0 bridgehead atoms.